The Morgan fingerprint density at radius 1 is 1.00 bits per heavy atom. The monoisotopic (exact) mass is 401 g/mol. The molecular formula is C22H27NO6. The summed E-state index contributed by atoms with van der Waals surface area (Å²) in [5.74, 6) is 0. The van der Waals surface area contributed by atoms with E-state index in [1.165, 1.54) is 7.11 Å². The quantitative estimate of drug-likeness (QED) is 0.427. The first-order valence-corrected chi connectivity index (χ1v) is 9.51. The highest BCUT2D eigenvalue weighted by Crippen LogP contribution is 2.32. The number of benzene rings is 2. The number of hydrogen-bond donors (Lipinski definition) is 4. The Balaban J connectivity index is 1.77. The molecule has 1 fully saturated rings. The molecule has 0 amide bonds. The average molecular weight is 401 g/mol. The van der Waals surface area contributed by atoms with Crippen molar-refractivity contribution in [3.63, 3.8) is 0 Å². The summed E-state index contributed by atoms with van der Waals surface area (Å²) < 4.78 is 5.65. The van der Waals surface area contributed by atoms with Crippen LogP contribution in [0, 0.1) is 0 Å². The lowest BCUT2D eigenvalue weighted by Crippen LogP contribution is -2.55. The maximum Gasteiger partial charge on any atom is 0.113 e. The number of nitrogens with zero attached hydrogens (tertiary/aromatic N) is 1. The van der Waals surface area contributed by atoms with Gasteiger partial charge in [0.25, 0.3) is 0 Å². The maximum absolute atomic E-state index is 10.3. The van der Waals surface area contributed by atoms with Crippen LogP contribution in [0.25, 0.3) is 0 Å². The van der Waals surface area contributed by atoms with Crippen molar-refractivity contribution in [3.8, 4) is 0 Å². The van der Waals surface area contributed by atoms with Crippen molar-refractivity contribution in [1.29, 1.82) is 0 Å². The summed E-state index contributed by atoms with van der Waals surface area (Å²) in [6.07, 6.45) is -5.12. The summed E-state index contributed by atoms with van der Waals surface area (Å²) in [6, 6.07) is 15.5. The standard InChI is InChI=1S/C22H27NO6/c1-13(23-28-2)16-8-6-14(7-9-16)10-15-4-3-5-17(11-15)22-21(27)20(26)19(25)18(12-24)29-22/h3-9,11,18-22,24-27H,10,12H2,1-2H3/t18-,19-,20+,21-,22+/m1/s1. The van der Waals surface area contributed by atoms with Gasteiger partial charge in [0.05, 0.1) is 12.3 Å². The summed E-state index contributed by atoms with van der Waals surface area (Å²) in [5, 5.41) is 43.6. The fraction of sp³-hybridized carbons (Fsp3) is 0.409. The Morgan fingerprint density at radius 3 is 2.38 bits per heavy atom. The van der Waals surface area contributed by atoms with Gasteiger partial charge in [-0.15, -0.1) is 0 Å². The maximum atomic E-state index is 10.3. The zero-order chi connectivity index (χ0) is 21.0. The molecule has 2 aromatic rings. The van der Waals surface area contributed by atoms with Crippen molar-refractivity contribution in [3.05, 3.63) is 70.8 Å². The third-order valence-corrected chi connectivity index (χ3v) is 5.18. The van der Waals surface area contributed by atoms with Crippen LogP contribution in [0.1, 0.15) is 35.3 Å². The number of ether oxygens (including phenoxy) is 1. The van der Waals surface area contributed by atoms with E-state index in [1.807, 2.05) is 49.4 Å². The number of aliphatic hydroxyl groups excluding tert-OH is 4. The number of hydrogen-bond acceptors (Lipinski definition) is 7. The topological polar surface area (TPSA) is 112 Å². The van der Waals surface area contributed by atoms with Crippen LogP contribution < -0.4 is 0 Å². The van der Waals surface area contributed by atoms with Crippen molar-refractivity contribution in [2.24, 2.45) is 5.16 Å². The molecule has 1 aliphatic rings. The highest BCUT2D eigenvalue weighted by Gasteiger charge is 2.43. The second kappa shape index (κ2) is 9.47. The van der Waals surface area contributed by atoms with E-state index in [0.717, 1.165) is 22.4 Å². The minimum Gasteiger partial charge on any atom is -0.399 e. The zero-order valence-corrected chi connectivity index (χ0v) is 16.5. The molecule has 0 spiro atoms. The summed E-state index contributed by atoms with van der Waals surface area (Å²) in [4.78, 5) is 4.80. The fourth-order valence-corrected chi connectivity index (χ4v) is 3.55. The average Bonchev–Trinajstić information content (AvgIpc) is 2.73. The van der Waals surface area contributed by atoms with E-state index in [9.17, 15) is 20.4 Å². The summed E-state index contributed by atoms with van der Waals surface area (Å²) >= 11 is 0. The Hall–Kier alpha value is -2.29. The summed E-state index contributed by atoms with van der Waals surface area (Å²) in [5.41, 5.74) is 4.56. The van der Waals surface area contributed by atoms with Gasteiger partial charge in [0.1, 0.15) is 37.6 Å². The Morgan fingerprint density at radius 2 is 1.72 bits per heavy atom. The fourth-order valence-electron chi connectivity index (χ4n) is 3.55. The molecule has 29 heavy (non-hydrogen) atoms. The first-order valence-electron chi connectivity index (χ1n) is 9.51. The number of oxime groups is 1. The zero-order valence-electron chi connectivity index (χ0n) is 16.5. The lowest BCUT2D eigenvalue weighted by molar-refractivity contribution is -0.231. The molecule has 0 aromatic heterocycles. The number of rotatable bonds is 6. The van der Waals surface area contributed by atoms with Gasteiger partial charge in [0, 0.05) is 0 Å². The molecule has 1 heterocycles. The lowest BCUT2D eigenvalue weighted by Gasteiger charge is -2.40. The molecule has 7 heteroatoms. The van der Waals surface area contributed by atoms with Gasteiger partial charge in [0.2, 0.25) is 0 Å². The molecule has 5 atom stereocenters. The highest BCUT2D eigenvalue weighted by atomic mass is 16.6. The second-order valence-electron chi connectivity index (χ2n) is 7.23. The minimum absolute atomic E-state index is 0.445. The SMILES string of the molecule is CON=C(C)c1ccc(Cc2cccc([C@@H]3O[C@H](CO)[C@@H](O)[C@H](O)[C@H]3O)c2)cc1. The van der Waals surface area contributed by atoms with Gasteiger partial charge < -0.3 is 30.0 Å². The van der Waals surface area contributed by atoms with Crippen LogP contribution in [0.3, 0.4) is 0 Å². The first kappa shape index (κ1) is 21.4. The predicted molar refractivity (Wildman–Crippen MR) is 108 cm³/mol. The second-order valence-corrected chi connectivity index (χ2v) is 7.23. The van der Waals surface area contributed by atoms with Gasteiger partial charge in [-0.1, -0.05) is 53.7 Å². The molecule has 1 aliphatic heterocycles. The Bertz CT molecular complexity index is 835. The van der Waals surface area contributed by atoms with Crippen molar-refractivity contribution in [1.82, 2.24) is 0 Å². The van der Waals surface area contributed by atoms with Crippen molar-refractivity contribution >= 4 is 5.71 Å². The van der Waals surface area contributed by atoms with Crippen LogP contribution in [0.4, 0.5) is 0 Å². The van der Waals surface area contributed by atoms with E-state index in [-0.39, 0.29) is 0 Å². The van der Waals surface area contributed by atoms with Gasteiger partial charge in [0.15, 0.2) is 0 Å². The molecule has 2 aromatic carbocycles. The molecule has 1 saturated heterocycles. The van der Waals surface area contributed by atoms with Crippen LogP contribution in [-0.4, -0.2) is 64.3 Å². The Labute approximate surface area is 169 Å². The van der Waals surface area contributed by atoms with Crippen LogP contribution in [-0.2, 0) is 16.0 Å². The molecule has 3 rings (SSSR count). The predicted octanol–water partition coefficient (Wildman–Crippen LogP) is 1.16. The van der Waals surface area contributed by atoms with E-state index in [0.29, 0.717) is 12.0 Å². The lowest BCUT2D eigenvalue weighted by atomic mass is 9.90. The van der Waals surface area contributed by atoms with Crippen molar-refractivity contribution < 1.29 is 30.0 Å². The van der Waals surface area contributed by atoms with E-state index in [1.54, 1.807) is 6.07 Å². The molecule has 4 N–H and O–H groups in total. The molecular weight excluding hydrogens is 374 g/mol. The van der Waals surface area contributed by atoms with Gasteiger partial charge >= 0.3 is 0 Å². The molecule has 0 radical (unpaired) electrons. The van der Waals surface area contributed by atoms with Gasteiger partial charge in [-0.2, -0.15) is 0 Å². The molecule has 0 bridgehead atoms. The summed E-state index contributed by atoms with van der Waals surface area (Å²) in [6.45, 7) is 1.43. The van der Waals surface area contributed by atoms with Gasteiger partial charge in [-0.3, -0.25) is 0 Å². The van der Waals surface area contributed by atoms with E-state index < -0.39 is 37.1 Å². The van der Waals surface area contributed by atoms with E-state index in [4.69, 9.17) is 9.57 Å². The molecule has 7 nitrogen and oxygen atoms in total. The number of aliphatic hydroxyl groups is 4. The van der Waals surface area contributed by atoms with E-state index in [2.05, 4.69) is 5.16 Å². The molecule has 0 aliphatic carbocycles. The minimum atomic E-state index is -1.39. The molecule has 0 unspecified atom stereocenters. The first-order chi connectivity index (χ1) is 13.9. The highest BCUT2D eigenvalue weighted by molar-refractivity contribution is 5.98. The largest absolute Gasteiger partial charge is 0.399 e. The van der Waals surface area contributed by atoms with E-state index >= 15 is 0 Å². The summed E-state index contributed by atoms with van der Waals surface area (Å²) in [7, 11) is 1.51. The Kier molecular flexibility index (Phi) is 7.00. The van der Waals surface area contributed by atoms with Gasteiger partial charge in [-0.25, -0.2) is 0 Å². The normalized spacial score (nSPS) is 27.7. The third kappa shape index (κ3) is 4.83. The van der Waals surface area contributed by atoms with Crippen molar-refractivity contribution in [2.75, 3.05) is 13.7 Å². The third-order valence-electron chi connectivity index (χ3n) is 5.18. The van der Waals surface area contributed by atoms with Crippen LogP contribution in [0.2, 0.25) is 0 Å². The molecule has 156 valence electrons. The van der Waals surface area contributed by atoms with Gasteiger partial charge in [-0.05, 0) is 35.6 Å². The smallest absolute Gasteiger partial charge is 0.113 e. The van der Waals surface area contributed by atoms with Crippen LogP contribution in [0.5, 0.6) is 0 Å². The van der Waals surface area contributed by atoms with Crippen LogP contribution in [0.15, 0.2) is 53.7 Å². The van der Waals surface area contributed by atoms with Crippen molar-refractivity contribution in [2.45, 2.75) is 43.9 Å². The van der Waals surface area contributed by atoms with Crippen LogP contribution >= 0.6 is 0 Å². The molecule has 0 saturated carbocycles.